The van der Waals surface area contributed by atoms with Crippen LogP contribution in [0.15, 0.2) is 30.6 Å². The molecule has 1 amide bonds. The van der Waals surface area contributed by atoms with E-state index in [2.05, 4.69) is 11.9 Å². The highest BCUT2D eigenvalue weighted by atomic mass is 35.5. The quantitative estimate of drug-likeness (QED) is 0.665. The van der Waals surface area contributed by atoms with E-state index < -0.39 is 0 Å². The number of hydrogen-bond acceptors (Lipinski definition) is 3. The predicted octanol–water partition coefficient (Wildman–Crippen LogP) is 5.49. The summed E-state index contributed by atoms with van der Waals surface area (Å²) in [4.78, 5) is 18.7. The molecule has 2 aromatic rings. The van der Waals surface area contributed by atoms with E-state index in [1.54, 1.807) is 30.6 Å². The van der Waals surface area contributed by atoms with Crippen LogP contribution in [0, 0.1) is 5.92 Å². The number of pyridine rings is 1. The Morgan fingerprint density at radius 2 is 1.81 bits per heavy atom. The second kappa shape index (κ2) is 8.47. The number of likely N-dealkylation sites (tertiary alicyclic amines) is 1. The summed E-state index contributed by atoms with van der Waals surface area (Å²) in [5.74, 6) is 1.04. The van der Waals surface area contributed by atoms with Crippen molar-refractivity contribution in [1.29, 1.82) is 0 Å². The third kappa shape index (κ3) is 4.61. The third-order valence-corrected chi connectivity index (χ3v) is 5.24. The van der Waals surface area contributed by atoms with Crippen molar-refractivity contribution >= 4 is 40.7 Å². The first-order valence-electron chi connectivity index (χ1n) is 8.44. The van der Waals surface area contributed by atoms with Crippen molar-refractivity contribution in [2.75, 3.05) is 13.1 Å². The highest BCUT2D eigenvalue weighted by Crippen LogP contribution is 2.36. The van der Waals surface area contributed by atoms with Crippen molar-refractivity contribution in [3.63, 3.8) is 0 Å². The van der Waals surface area contributed by atoms with Gasteiger partial charge in [0.2, 0.25) is 0 Å². The first-order chi connectivity index (χ1) is 12.4. The molecule has 0 spiro atoms. The molecular weight excluding hydrogens is 395 g/mol. The van der Waals surface area contributed by atoms with Crippen LogP contribution >= 0.6 is 34.8 Å². The first-order valence-corrected chi connectivity index (χ1v) is 9.58. The Bertz CT molecular complexity index is 782. The number of piperidine rings is 1. The number of carbonyl (C=O) groups excluding carboxylic acids is 1. The lowest BCUT2D eigenvalue weighted by Gasteiger charge is -2.30. The Labute approximate surface area is 168 Å². The fraction of sp³-hybridized carbons (Fsp3) is 0.368. The van der Waals surface area contributed by atoms with Gasteiger partial charge in [0.05, 0.1) is 15.6 Å². The van der Waals surface area contributed by atoms with Gasteiger partial charge in [0.25, 0.3) is 5.91 Å². The zero-order valence-corrected chi connectivity index (χ0v) is 16.6. The van der Waals surface area contributed by atoms with Crippen LogP contribution in [0.2, 0.25) is 15.1 Å². The molecule has 0 saturated carbocycles. The highest BCUT2D eigenvalue weighted by Gasteiger charge is 2.22. The Kier molecular flexibility index (Phi) is 6.28. The van der Waals surface area contributed by atoms with Crippen LogP contribution in [-0.2, 0) is 6.61 Å². The molecule has 2 heterocycles. The molecule has 3 rings (SSSR count). The molecule has 26 heavy (non-hydrogen) atoms. The fourth-order valence-electron chi connectivity index (χ4n) is 2.90. The molecule has 0 unspecified atom stereocenters. The van der Waals surface area contributed by atoms with Gasteiger partial charge in [0.15, 0.2) is 5.75 Å². The van der Waals surface area contributed by atoms with E-state index in [0.29, 0.717) is 32.3 Å². The van der Waals surface area contributed by atoms with Crippen LogP contribution < -0.4 is 4.74 Å². The maximum absolute atomic E-state index is 12.7. The molecule has 0 radical (unpaired) electrons. The minimum absolute atomic E-state index is 0.00816. The van der Waals surface area contributed by atoms with Crippen LogP contribution in [-0.4, -0.2) is 28.9 Å². The van der Waals surface area contributed by atoms with E-state index in [4.69, 9.17) is 39.5 Å². The van der Waals surface area contributed by atoms with Crippen LogP contribution in [0.25, 0.3) is 0 Å². The van der Waals surface area contributed by atoms with Gasteiger partial charge in [-0.1, -0.05) is 41.7 Å². The van der Waals surface area contributed by atoms with E-state index in [9.17, 15) is 4.79 Å². The zero-order valence-electron chi connectivity index (χ0n) is 14.3. The molecule has 1 aromatic heterocycles. The number of rotatable bonds is 4. The lowest BCUT2D eigenvalue weighted by atomic mass is 9.99. The van der Waals surface area contributed by atoms with Crippen molar-refractivity contribution in [1.82, 2.24) is 9.88 Å². The van der Waals surface area contributed by atoms with Crippen molar-refractivity contribution in [3.8, 4) is 5.75 Å². The van der Waals surface area contributed by atoms with Crippen molar-refractivity contribution in [2.24, 2.45) is 5.92 Å². The number of hydrogen-bond donors (Lipinski definition) is 0. The van der Waals surface area contributed by atoms with Crippen LogP contribution in [0.3, 0.4) is 0 Å². The Hall–Kier alpha value is -1.49. The van der Waals surface area contributed by atoms with Crippen LogP contribution in [0.5, 0.6) is 5.75 Å². The summed E-state index contributed by atoms with van der Waals surface area (Å²) < 4.78 is 5.72. The number of ether oxygens (including phenoxy) is 1. The van der Waals surface area contributed by atoms with Crippen LogP contribution in [0.1, 0.15) is 35.7 Å². The summed E-state index contributed by atoms with van der Waals surface area (Å²) in [7, 11) is 0. The minimum Gasteiger partial charge on any atom is -0.486 e. The Morgan fingerprint density at radius 3 is 2.46 bits per heavy atom. The largest absolute Gasteiger partial charge is 0.486 e. The Morgan fingerprint density at radius 1 is 1.15 bits per heavy atom. The van der Waals surface area contributed by atoms with E-state index >= 15 is 0 Å². The molecule has 1 aliphatic rings. The molecule has 1 fully saturated rings. The summed E-state index contributed by atoms with van der Waals surface area (Å²) in [6, 6.07) is 4.94. The van der Waals surface area contributed by atoms with Gasteiger partial charge in [0.1, 0.15) is 6.61 Å². The predicted molar refractivity (Wildman–Crippen MR) is 104 cm³/mol. The molecule has 1 aromatic carbocycles. The molecule has 0 N–H and O–H groups in total. The molecule has 138 valence electrons. The standard InChI is InChI=1S/C19H19Cl3N2O2/c1-12-2-4-24(5-3-12)19(25)14-6-13(9-23-10-14)11-26-18-16(21)7-15(20)8-17(18)22/h6-10,12H,2-5,11H2,1H3. The zero-order chi connectivity index (χ0) is 18.7. The summed E-state index contributed by atoms with van der Waals surface area (Å²) in [5, 5.41) is 1.12. The Balaban J connectivity index is 1.69. The maximum atomic E-state index is 12.7. The number of aromatic nitrogens is 1. The number of carbonyl (C=O) groups is 1. The topological polar surface area (TPSA) is 42.4 Å². The number of nitrogens with zero attached hydrogens (tertiary/aromatic N) is 2. The average molecular weight is 414 g/mol. The minimum atomic E-state index is 0.00816. The number of halogens is 3. The molecule has 0 bridgehead atoms. The van der Waals surface area contributed by atoms with Gasteiger partial charge in [-0.05, 0) is 37.0 Å². The van der Waals surface area contributed by atoms with Gasteiger partial charge in [0, 0.05) is 36.1 Å². The van der Waals surface area contributed by atoms with E-state index in [1.807, 2.05) is 4.90 Å². The smallest absolute Gasteiger partial charge is 0.255 e. The van der Waals surface area contributed by atoms with Gasteiger partial charge in [-0.15, -0.1) is 0 Å². The molecule has 0 atom stereocenters. The number of amides is 1. The molecule has 7 heteroatoms. The molecular formula is C19H19Cl3N2O2. The van der Waals surface area contributed by atoms with Crippen molar-refractivity contribution in [2.45, 2.75) is 26.4 Å². The van der Waals surface area contributed by atoms with Gasteiger partial charge in [-0.3, -0.25) is 9.78 Å². The second-order valence-corrected chi connectivity index (χ2v) is 7.79. The second-order valence-electron chi connectivity index (χ2n) is 6.54. The number of benzene rings is 1. The molecule has 0 aliphatic carbocycles. The summed E-state index contributed by atoms with van der Waals surface area (Å²) >= 11 is 18.2. The third-order valence-electron chi connectivity index (χ3n) is 4.46. The fourth-order valence-corrected chi connectivity index (χ4v) is 3.83. The molecule has 1 aliphatic heterocycles. The van der Waals surface area contributed by atoms with Crippen LogP contribution in [0.4, 0.5) is 0 Å². The molecule has 4 nitrogen and oxygen atoms in total. The van der Waals surface area contributed by atoms with Gasteiger partial charge < -0.3 is 9.64 Å². The maximum Gasteiger partial charge on any atom is 0.255 e. The average Bonchev–Trinajstić information content (AvgIpc) is 2.61. The SMILES string of the molecule is CC1CCN(C(=O)c2cncc(COc3c(Cl)cc(Cl)cc3Cl)c2)CC1. The van der Waals surface area contributed by atoms with E-state index in [1.165, 1.54) is 0 Å². The van der Waals surface area contributed by atoms with E-state index in [-0.39, 0.29) is 12.5 Å². The summed E-state index contributed by atoms with van der Waals surface area (Å²) in [6.45, 7) is 3.99. The van der Waals surface area contributed by atoms with Gasteiger partial charge in [-0.2, -0.15) is 0 Å². The lowest BCUT2D eigenvalue weighted by molar-refractivity contribution is 0.0696. The normalized spacial score (nSPS) is 15.2. The van der Waals surface area contributed by atoms with Gasteiger partial charge in [-0.25, -0.2) is 0 Å². The van der Waals surface area contributed by atoms with E-state index in [0.717, 1.165) is 31.5 Å². The summed E-state index contributed by atoms with van der Waals surface area (Å²) in [5.41, 5.74) is 1.33. The highest BCUT2D eigenvalue weighted by molar-refractivity contribution is 6.40. The van der Waals surface area contributed by atoms with Crippen molar-refractivity contribution in [3.05, 3.63) is 56.8 Å². The molecule has 1 saturated heterocycles. The van der Waals surface area contributed by atoms with Gasteiger partial charge >= 0.3 is 0 Å². The van der Waals surface area contributed by atoms with Crippen molar-refractivity contribution < 1.29 is 9.53 Å². The monoisotopic (exact) mass is 412 g/mol. The summed E-state index contributed by atoms with van der Waals surface area (Å²) in [6.07, 6.45) is 5.32. The first kappa shape index (κ1) is 19.3. The lowest BCUT2D eigenvalue weighted by Crippen LogP contribution is -2.38.